The van der Waals surface area contributed by atoms with Crippen LogP contribution in [0, 0.1) is 13.8 Å². The van der Waals surface area contributed by atoms with Crippen LogP contribution in [-0.4, -0.2) is 19.8 Å². The van der Waals surface area contributed by atoms with Gasteiger partial charge in [-0.2, -0.15) is 5.10 Å². The van der Waals surface area contributed by atoms with Gasteiger partial charge in [0, 0.05) is 17.8 Å². The summed E-state index contributed by atoms with van der Waals surface area (Å²) in [6, 6.07) is 4.13. The van der Waals surface area contributed by atoms with Gasteiger partial charge in [0.2, 0.25) is 0 Å². The summed E-state index contributed by atoms with van der Waals surface area (Å²) in [5, 5.41) is 7.58. The van der Waals surface area contributed by atoms with Crippen molar-refractivity contribution < 1.29 is 0 Å². The minimum Gasteiger partial charge on any atom is -0.389 e. The Morgan fingerprint density at radius 1 is 1.40 bits per heavy atom. The number of thiocarbonyl (C=S) groups is 1. The molecule has 20 heavy (non-hydrogen) atoms. The van der Waals surface area contributed by atoms with Crippen molar-refractivity contribution in [2.45, 2.75) is 33.7 Å². The van der Waals surface area contributed by atoms with Crippen molar-refractivity contribution in [3.05, 3.63) is 35.2 Å². The van der Waals surface area contributed by atoms with Crippen LogP contribution >= 0.6 is 12.2 Å². The van der Waals surface area contributed by atoms with E-state index in [-0.39, 0.29) is 6.04 Å². The molecule has 0 aliphatic carbocycles. The van der Waals surface area contributed by atoms with Crippen LogP contribution in [-0.2, 0) is 0 Å². The number of hydrogen-bond acceptors (Lipinski definition) is 4. The van der Waals surface area contributed by atoms with Crippen LogP contribution in [0.5, 0.6) is 0 Å². The van der Waals surface area contributed by atoms with Gasteiger partial charge >= 0.3 is 0 Å². The summed E-state index contributed by atoms with van der Waals surface area (Å²) in [5.41, 5.74) is 8.54. The SMILES string of the molecule is Cc1cc(C)c(C(N)=S)c(Nc2ccnn2C(C)C)n1. The minimum atomic E-state index is 0.256. The maximum absolute atomic E-state index is 5.82. The fraction of sp³-hybridized carbons (Fsp3) is 0.357. The lowest BCUT2D eigenvalue weighted by Crippen LogP contribution is -2.16. The van der Waals surface area contributed by atoms with Crippen molar-refractivity contribution in [1.82, 2.24) is 14.8 Å². The summed E-state index contributed by atoms with van der Waals surface area (Å²) in [6.45, 7) is 8.07. The predicted molar refractivity (Wildman–Crippen MR) is 85.5 cm³/mol. The molecule has 0 spiro atoms. The highest BCUT2D eigenvalue weighted by atomic mass is 32.1. The Morgan fingerprint density at radius 3 is 2.70 bits per heavy atom. The van der Waals surface area contributed by atoms with Crippen LogP contribution in [0.25, 0.3) is 0 Å². The monoisotopic (exact) mass is 289 g/mol. The molecule has 0 saturated carbocycles. The van der Waals surface area contributed by atoms with Crippen LogP contribution in [0.2, 0.25) is 0 Å². The van der Waals surface area contributed by atoms with E-state index in [9.17, 15) is 0 Å². The third-order valence-electron chi connectivity index (χ3n) is 3.00. The van der Waals surface area contributed by atoms with Gasteiger partial charge in [0.05, 0.1) is 11.8 Å². The lowest BCUT2D eigenvalue weighted by atomic mass is 10.1. The molecule has 0 aliphatic heterocycles. The number of anilines is 2. The molecule has 2 heterocycles. The molecule has 3 N–H and O–H groups in total. The molecule has 0 unspecified atom stereocenters. The maximum atomic E-state index is 5.82. The van der Waals surface area contributed by atoms with Crippen molar-refractivity contribution in [1.29, 1.82) is 0 Å². The largest absolute Gasteiger partial charge is 0.389 e. The van der Waals surface area contributed by atoms with Gasteiger partial charge in [-0.25, -0.2) is 9.67 Å². The molecule has 0 amide bonds. The van der Waals surface area contributed by atoms with Gasteiger partial charge in [0.15, 0.2) is 0 Å². The first-order valence-corrected chi connectivity index (χ1v) is 6.89. The highest BCUT2D eigenvalue weighted by molar-refractivity contribution is 7.80. The quantitative estimate of drug-likeness (QED) is 0.847. The molecule has 2 rings (SSSR count). The van der Waals surface area contributed by atoms with Gasteiger partial charge in [-0.15, -0.1) is 0 Å². The molecule has 2 aromatic heterocycles. The molecular formula is C14H19N5S. The highest BCUT2D eigenvalue weighted by Gasteiger charge is 2.14. The molecule has 0 fully saturated rings. The molecule has 0 aromatic carbocycles. The van der Waals surface area contributed by atoms with E-state index in [2.05, 4.69) is 29.2 Å². The van der Waals surface area contributed by atoms with Crippen molar-refractivity contribution in [3.63, 3.8) is 0 Å². The molecule has 6 heteroatoms. The van der Waals surface area contributed by atoms with Crippen molar-refractivity contribution >= 4 is 28.8 Å². The Labute approximate surface area is 124 Å². The molecule has 0 atom stereocenters. The summed E-state index contributed by atoms with van der Waals surface area (Å²) >= 11 is 5.14. The van der Waals surface area contributed by atoms with Crippen LogP contribution in [0.4, 0.5) is 11.6 Å². The number of pyridine rings is 1. The van der Waals surface area contributed by atoms with E-state index < -0.39 is 0 Å². The Hall–Kier alpha value is -1.95. The number of nitrogens with one attached hydrogen (secondary N) is 1. The Balaban J connectivity index is 2.48. The Kier molecular flexibility index (Phi) is 4.04. The lowest BCUT2D eigenvalue weighted by molar-refractivity contribution is 0.539. The van der Waals surface area contributed by atoms with Crippen molar-refractivity contribution in [2.24, 2.45) is 5.73 Å². The summed E-state index contributed by atoms with van der Waals surface area (Å²) < 4.78 is 1.89. The van der Waals surface area contributed by atoms with Gasteiger partial charge in [-0.3, -0.25) is 0 Å². The van der Waals surface area contributed by atoms with E-state index in [0.717, 1.165) is 22.6 Å². The van der Waals surface area contributed by atoms with E-state index in [0.29, 0.717) is 10.8 Å². The highest BCUT2D eigenvalue weighted by Crippen LogP contribution is 2.24. The van der Waals surface area contributed by atoms with E-state index in [1.165, 1.54) is 0 Å². The van der Waals surface area contributed by atoms with Crippen LogP contribution in [0.3, 0.4) is 0 Å². The summed E-state index contributed by atoms with van der Waals surface area (Å²) in [4.78, 5) is 4.85. The molecule has 5 nitrogen and oxygen atoms in total. The Bertz CT molecular complexity index is 645. The molecule has 0 radical (unpaired) electrons. The number of aromatic nitrogens is 3. The first kappa shape index (κ1) is 14.5. The average Bonchev–Trinajstić information content (AvgIpc) is 2.75. The standard InChI is InChI=1S/C14H19N5S/c1-8(2)19-11(5-6-16-19)18-14-12(13(15)20)9(3)7-10(4)17-14/h5-8H,1-4H3,(H2,15,20)(H,17,18). The number of nitrogens with zero attached hydrogens (tertiary/aromatic N) is 3. The third kappa shape index (κ3) is 2.80. The van der Waals surface area contributed by atoms with Crippen molar-refractivity contribution in [3.8, 4) is 0 Å². The molecule has 106 valence electrons. The first-order valence-electron chi connectivity index (χ1n) is 6.48. The van der Waals surface area contributed by atoms with Crippen LogP contribution in [0.1, 0.15) is 36.7 Å². The van der Waals surface area contributed by atoms with E-state index >= 15 is 0 Å². The van der Waals surface area contributed by atoms with Crippen LogP contribution in [0.15, 0.2) is 18.3 Å². The average molecular weight is 289 g/mol. The summed E-state index contributed by atoms with van der Waals surface area (Å²) in [7, 11) is 0. The minimum absolute atomic E-state index is 0.256. The zero-order chi connectivity index (χ0) is 14.9. The number of aryl methyl sites for hydroxylation is 2. The topological polar surface area (TPSA) is 68.8 Å². The molecule has 0 bridgehead atoms. The first-order chi connectivity index (χ1) is 9.40. The van der Waals surface area contributed by atoms with E-state index in [4.69, 9.17) is 18.0 Å². The summed E-state index contributed by atoms with van der Waals surface area (Å²) in [5.74, 6) is 1.55. The van der Waals surface area contributed by atoms with Gasteiger partial charge in [0.25, 0.3) is 0 Å². The van der Waals surface area contributed by atoms with Gasteiger partial charge in [0.1, 0.15) is 16.6 Å². The van der Waals surface area contributed by atoms with Crippen molar-refractivity contribution in [2.75, 3.05) is 5.32 Å². The predicted octanol–water partition coefficient (Wildman–Crippen LogP) is 2.85. The van der Waals surface area contributed by atoms with Gasteiger partial charge < -0.3 is 11.1 Å². The second kappa shape index (κ2) is 5.58. The van der Waals surface area contributed by atoms with E-state index in [1.54, 1.807) is 6.20 Å². The van der Waals surface area contributed by atoms with Gasteiger partial charge in [-0.1, -0.05) is 12.2 Å². The molecular weight excluding hydrogens is 270 g/mol. The molecule has 0 aliphatic rings. The summed E-state index contributed by atoms with van der Waals surface area (Å²) in [6.07, 6.45) is 1.76. The van der Waals surface area contributed by atoms with E-state index in [1.807, 2.05) is 30.7 Å². The maximum Gasteiger partial charge on any atom is 0.142 e. The normalized spacial score (nSPS) is 10.8. The van der Waals surface area contributed by atoms with Crippen LogP contribution < -0.4 is 11.1 Å². The number of hydrogen-bond donors (Lipinski definition) is 2. The molecule has 0 saturated heterocycles. The fourth-order valence-corrected chi connectivity index (χ4v) is 2.44. The zero-order valence-corrected chi connectivity index (χ0v) is 13.0. The fourth-order valence-electron chi connectivity index (χ4n) is 2.18. The Morgan fingerprint density at radius 2 is 2.10 bits per heavy atom. The zero-order valence-electron chi connectivity index (χ0n) is 12.1. The van der Waals surface area contributed by atoms with Gasteiger partial charge in [-0.05, 0) is 39.3 Å². The second-order valence-corrected chi connectivity index (χ2v) is 5.49. The third-order valence-corrected chi connectivity index (χ3v) is 3.20. The second-order valence-electron chi connectivity index (χ2n) is 5.05. The number of rotatable bonds is 4. The smallest absolute Gasteiger partial charge is 0.142 e. The number of nitrogens with two attached hydrogens (primary N) is 1. The lowest BCUT2D eigenvalue weighted by Gasteiger charge is -2.16. The molecule has 2 aromatic rings.